The predicted octanol–water partition coefficient (Wildman–Crippen LogP) is 4.87. The number of benzene rings is 2. The molecule has 0 fully saturated rings. The molecule has 1 aliphatic rings. The Morgan fingerprint density at radius 2 is 1.83 bits per heavy atom. The minimum Gasteiger partial charge on any atom is -0.459 e. The van der Waals surface area contributed by atoms with Gasteiger partial charge >= 0.3 is 5.91 Å². The molecular formula is C22H15ClN4O2. The zero-order valence-electron chi connectivity index (χ0n) is 15.2. The van der Waals surface area contributed by atoms with Gasteiger partial charge in [-0.2, -0.15) is 5.10 Å². The Morgan fingerprint density at radius 3 is 2.59 bits per heavy atom. The van der Waals surface area contributed by atoms with E-state index in [2.05, 4.69) is 15.1 Å². The molecule has 142 valence electrons. The van der Waals surface area contributed by atoms with Crippen molar-refractivity contribution in [2.75, 3.05) is 0 Å². The van der Waals surface area contributed by atoms with Gasteiger partial charge in [-0.15, -0.1) is 0 Å². The number of hydrogen-bond donors (Lipinski definition) is 0. The molecule has 1 amide bonds. The van der Waals surface area contributed by atoms with Gasteiger partial charge in [-0.1, -0.05) is 29.8 Å². The van der Waals surface area contributed by atoms with Gasteiger partial charge in [0.25, 0.3) is 0 Å². The van der Waals surface area contributed by atoms with E-state index in [1.807, 2.05) is 42.5 Å². The molecule has 0 bridgehead atoms. The van der Waals surface area contributed by atoms with E-state index < -0.39 is 0 Å². The second kappa shape index (κ2) is 7.14. The van der Waals surface area contributed by atoms with Crippen LogP contribution in [0.5, 0.6) is 0 Å². The average molecular weight is 403 g/mol. The number of halogens is 1. The molecule has 6 nitrogen and oxygen atoms in total. The van der Waals surface area contributed by atoms with E-state index in [1.54, 1.807) is 24.5 Å². The van der Waals surface area contributed by atoms with Crippen molar-refractivity contribution in [1.82, 2.24) is 15.0 Å². The summed E-state index contributed by atoms with van der Waals surface area (Å²) in [7, 11) is 0. The molecule has 1 aliphatic heterocycles. The van der Waals surface area contributed by atoms with Crippen LogP contribution >= 0.6 is 11.6 Å². The molecule has 4 aromatic rings. The standard InChI is InChI=1S/C22H15ClN4O2/c23-16-6-3-14(4-7-16)18-13-20(27(26-18)22(28)21-2-1-11-29-21)15-5-8-17-19(12-15)25-10-9-24-17/h1-12,20H,13H2/t20-/m0/s1. The molecule has 1 atom stereocenters. The minimum absolute atomic E-state index is 0.247. The van der Waals surface area contributed by atoms with Crippen LogP contribution < -0.4 is 0 Å². The summed E-state index contributed by atoms with van der Waals surface area (Å²) in [5.41, 5.74) is 4.25. The van der Waals surface area contributed by atoms with Crippen molar-refractivity contribution in [2.24, 2.45) is 5.10 Å². The second-order valence-corrected chi connectivity index (χ2v) is 7.14. The molecular weight excluding hydrogens is 388 g/mol. The number of rotatable bonds is 3. The number of hydrogen-bond acceptors (Lipinski definition) is 5. The van der Waals surface area contributed by atoms with Crippen LogP contribution in [0.25, 0.3) is 11.0 Å². The summed E-state index contributed by atoms with van der Waals surface area (Å²) in [6.07, 6.45) is 5.36. The lowest BCUT2D eigenvalue weighted by Crippen LogP contribution is -2.26. The van der Waals surface area contributed by atoms with Gasteiger partial charge in [0, 0.05) is 23.8 Å². The van der Waals surface area contributed by atoms with Crippen LogP contribution in [0, 0.1) is 0 Å². The number of carbonyl (C=O) groups excluding carboxylic acids is 1. The van der Waals surface area contributed by atoms with E-state index in [0.717, 1.165) is 27.9 Å². The van der Waals surface area contributed by atoms with E-state index in [0.29, 0.717) is 11.4 Å². The summed E-state index contributed by atoms with van der Waals surface area (Å²) in [6, 6.07) is 16.3. The van der Waals surface area contributed by atoms with E-state index in [1.165, 1.54) is 11.3 Å². The highest BCUT2D eigenvalue weighted by molar-refractivity contribution is 6.30. The van der Waals surface area contributed by atoms with Gasteiger partial charge < -0.3 is 4.42 Å². The van der Waals surface area contributed by atoms with Crippen LogP contribution in [0.2, 0.25) is 5.02 Å². The third-order valence-electron chi connectivity index (χ3n) is 4.91. The third-order valence-corrected chi connectivity index (χ3v) is 5.16. The normalized spacial score (nSPS) is 16.2. The van der Waals surface area contributed by atoms with Gasteiger partial charge in [-0.3, -0.25) is 14.8 Å². The van der Waals surface area contributed by atoms with Crippen LogP contribution in [-0.4, -0.2) is 26.6 Å². The molecule has 3 heterocycles. The Bertz CT molecular complexity index is 1220. The zero-order valence-corrected chi connectivity index (χ0v) is 16.0. The molecule has 29 heavy (non-hydrogen) atoms. The van der Waals surface area contributed by atoms with E-state index in [9.17, 15) is 4.79 Å². The van der Waals surface area contributed by atoms with Crippen molar-refractivity contribution in [2.45, 2.75) is 12.5 Å². The Balaban J connectivity index is 1.56. The first-order valence-electron chi connectivity index (χ1n) is 9.10. The highest BCUT2D eigenvalue weighted by Gasteiger charge is 2.34. The summed E-state index contributed by atoms with van der Waals surface area (Å²) in [5.74, 6) is -0.0418. The van der Waals surface area contributed by atoms with Crippen LogP contribution in [0.15, 0.2) is 82.8 Å². The number of aromatic nitrogens is 2. The van der Waals surface area contributed by atoms with Crippen molar-refractivity contribution in [3.8, 4) is 0 Å². The smallest absolute Gasteiger partial charge is 0.310 e. The summed E-state index contributed by atoms with van der Waals surface area (Å²) in [5, 5.41) is 6.78. The highest BCUT2D eigenvalue weighted by Crippen LogP contribution is 2.35. The molecule has 0 spiro atoms. The van der Waals surface area contributed by atoms with E-state index in [4.69, 9.17) is 16.0 Å². The first-order valence-corrected chi connectivity index (χ1v) is 9.48. The first kappa shape index (κ1) is 17.6. The molecule has 0 radical (unpaired) electrons. The maximum Gasteiger partial charge on any atom is 0.310 e. The quantitative estimate of drug-likeness (QED) is 0.490. The fourth-order valence-corrected chi connectivity index (χ4v) is 3.60. The summed E-state index contributed by atoms with van der Waals surface area (Å²) in [6.45, 7) is 0. The zero-order chi connectivity index (χ0) is 19.8. The van der Waals surface area contributed by atoms with Gasteiger partial charge in [0.15, 0.2) is 5.76 Å². The van der Waals surface area contributed by atoms with Crippen LogP contribution in [0.3, 0.4) is 0 Å². The number of fused-ring (bicyclic) bond motifs is 1. The van der Waals surface area contributed by atoms with Gasteiger partial charge in [0.2, 0.25) is 0 Å². The predicted molar refractivity (Wildman–Crippen MR) is 110 cm³/mol. The monoisotopic (exact) mass is 402 g/mol. The van der Waals surface area contributed by atoms with Crippen LogP contribution in [-0.2, 0) is 0 Å². The lowest BCUT2D eigenvalue weighted by atomic mass is 9.98. The van der Waals surface area contributed by atoms with Crippen molar-refractivity contribution >= 4 is 34.3 Å². The number of furan rings is 1. The summed E-state index contributed by atoms with van der Waals surface area (Å²) in [4.78, 5) is 21.8. The topological polar surface area (TPSA) is 71.6 Å². The molecule has 2 aromatic heterocycles. The summed E-state index contributed by atoms with van der Waals surface area (Å²) >= 11 is 6.02. The lowest BCUT2D eigenvalue weighted by Gasteiger charge is -2.21. The summed E-state index contributed by atoms with van der Waals surface area (Å²) < 4.78 is 5.32. The molecule has 2 aromatic carbocycles. The molecule has 0 unspecified atom stereocenters. The largest absolute Gasteiger partial charge is 0.459 e. The Kier molecular flexibility index (Phi) is 4.33. The SMILES string of the molecule is O=C(c1ccco1)N1N=C(c2ccc(Cl)cc2)C[C@H]1c1ccc2nccnc2c1. The van der Waals surface area contributed by atoms with Crippen molar-refractivity contribution in [3.05, 3.63) is 95.2 Å². The maximum atomic E-state index is 13.1. The first-order chi connectivity index (χ1) is 14.2. The van der Waals surface area contributed by atoms with Gasteiger partial charge in [-0.25, -0.2) is 5.01 Å². The molecule has 0 saturated heterocycles. The molecule has 0 aliphatic carbocycles. The molecule has 5 rings (SSSR count). The van der Waals surface area contributed by atoms with Crippen molar-refractivity contribution in [1.29, 1.82) is 0 Å². The van der Waals surface area contributed by atoms with Crippen LogP contribution in [0.4, 0.5) is 0 Å². The number of nitrogens with zero attached hydrogens (tertiary/aromatic N) is 4. The fraction of sp³-hybridized carbons (Fsp3) is 0.0909. The van der Waals surface area contributed by atoms with E-state index in [-0.39, 0.29) is 17.7 Å². The average Bonchev–Trinajstić information content (AvgIpc) is 3.44. The maximum absolute atomic E-state index is 13.1. The van der Waals surface area contributed by atoms with Crippen molar-refractivity contribution < 1.29 is 9.21 Å². The molecule has 0 saturated carbocycles. The van der Waals surface area contributed by atoms with Gasteiger partial charge in [-0.05, 0) is 47.5 Å². The number of carbonyl (C=O) groups is 1. The Labute approximate surface area is 171 Å². The Morgan fingerprint density at radius 1 is 1.03 bits per heavy atom. The van der Waals surface area contributed by atoms with Crippen LogP contribution in [0.1, 0.15) is 34.1 Å². The molecule has 7 heteroatoms. The van der Waals surface area contributed by atoms with Gasteiger partial charge in [0.05, 0.1) is 29.1 Å². The lowest BCUT2D eigenvalue weighted by molar-refractivity contribution is 0.0678. The van der Waals surface area contributed by atoms with Gasteiger partial charge in [0.1, 0.15) is 0 Å². The number of amides is 1. The highest BCUT2D eigenvalue weighted by atomic mass is 35.5. The fourth-order valence-electron chi connectivity index (χ4n) is 3.47. The van der Waals surface area contributed by atoms with E-state index >= 15 is 0 Å². The number of hydrazone groups is 1. The van der Waals surface area contributed by atoms with Crippen molar-refractivity contribution in [3.63, 3.8) is 0 Å². The minimum atomic E-state index is -0.289. The second-order valence-electron chi connectivity index (χ2n) is 6.71. The third kappa shape index (κ3) is 3.28. The molecule has 0 N–H and O–H groups in total. The Hall–Kier alpha value is -3.51.